The minimum Gasteiger partial charge on any atom is -0.508 e. The topological polar surface area (TPSA) is 101 Å². The van der Waals surface area contributed by atoms with Crippen LogP contribution in [0.5, 0.6) is 34.5 Å². The van der Waals surface area contributed by atoms with E-state index in [1.165, 1.54) is 21.3 Å². The van der Waals surface area contributed by atoms with Crippen LogP contribution in [0.2, 0.25) is 0 Å². The van der Waals surface area contributed by atoms with Gasteiger partial charge in [0.05, 0.1) is 33.3 Å². The maximum atomic E-state index is 13.3. The molecule has 5 rings (SSSR count). The first kappa shape index (κ1) is 22.3. The van der Waals surface area contributed by atoms with Gasteiger partial charge in [-0.2, -0.15) is 0 Å². The summed E-state index contributed by atoms with van der Waals surface area (Å²) in [7, 11) is 4.52. The number of rotatable bonds is 5. The Morgan fingerprint density at radius 2 is 1.74 bits per heavy atom. The Bertz CT molecular complexity index is 1390. The minimum absolute atomic E-state index is 0.0486. The van der Waals surface area contributed by atoms with Crippen molar-refractivity contribution in [2.24, 2.45) is 0 Å². The summed E-state index contributed by atoms with van der Waals surface area (Å²) in [6.07, 6.45) is 1.63. The molecule has 0 aliphatic carbocycles. The van der Waals surface area contributed by atoms with Gasteiger partial charge in [-0.05, 0) is 48.0 Å². The number of methoxy groups -OCH3 is 3. The lowest BCUT2D eigenvalue weighted by atomic mass is 9.84. The quantitative estimate of drug-likeness (QED) is 0.328. The number of Topliss-reactive ketones (excluding diaryl/α,β-unsaturated/α-hetero) is 1. The second kappa shape index (κ2) is 8.72. The molecule has 178 valence electrons. The molecule has 0 bridgehead atoms. The zero-order valence-corrected chi connectivity index (χ0v) is 19.3. The first-order chi connectivity index (χ1) is 16.9. The van der Waals surface area contributed by atoms with Gasteiger partial charge in [0.25, 0.3) is 0 Å². The second-order valence-corrected chi connectivity index (χ2v) is 8.04. The van der Waals surface area contributed by atoms with Crippen molar-refractivity contribution in [2.45, 2.75) is 12.3 Å². The molecule has 1 atom stereocenters. The normalized spacial score (nSPS) is 17.3. The molecule has 0 aromatic heterocycles. The Labute approximate surface area is 201 Å². The number of ether oxygens (including phenoxy) is 5. The average Bonchev–Trinajstić information content (AvgIpc) is 3.17. The van der Waals surface area contributed by atoms with Crippen molar-refractivity contribution in [3.63, 3.8) is 0 Å². The van der Waals surface area contributed by atoms with Gasteiger partial charge in [-0.25, -0.2) is 0 Å². The van der Waals surface area contributed by atoms with Crippen molar-refractivity contribution in [3.8, 4) is 34.5 Å². The third-order valence-electron chi connectivity index (χ3n) is 6.07. The fourth-order valence-electron chi connectivity index (χ4n) is 4.51. The SMILES string of the molecule is COc1ccc(/C=C2\Oc3c(ccc4c3C(c3cccc(O)c3)CC(=O)O4)C2=O)c(OC)c1OC. The molecule has 3 aromatic rings. The van der Waals surface area contributed by atoms with E-state index in [1.54, 1.807) is 48.5 Å². The fourth-order valence-corrected chi connectivity index (χ4v) is 4.51. The van der Waals surface area contributed by atoms with Crippen LogP contribution in [0.1, 0.15) is 39.4 Å². The van der Waals surface area contributed by atoms with E-state index in [2.05, 4.69) is 0 Å². The predicted octanol–water partition coefficient (Wildman–Crippen LogP) is 4.48. The molecule has 0 saturated carbocycles. The number of carbonyl (C=O) groups is 2. The summed E-state index contributed by atoms with van der Waals surface area (Å²) in [5.41, 5.74) is 2.22. The van der Waals surface area contributed by atoms with E-state index >= 15 is 0 Å². The summed E-state index contributed by atoms with van der Waals surface area (Å²) in [6, 6.07) is 13.3. The first-order valence-corrected chi connectivity index (χ1v) is 10.8. The highest BCUT2D eigenvalue weighted by Crippen LogP contribution is 2.49. The van der Waals surface area contributed by atoms with Crippen LogP contribution >= 0.6 is 0 Å². The van der Waals surface area contributed by atoms with E-state index in [9.17, 15) is 14.7 Å². The number of hydrogen-bond donors (Lipinski definition) is 1. The second-order valence-electron chi connectivity index (χ2n) is 8.04. The van der Waals surface area contributed by atoms with Gasteiger partial charge < -0.3 is 28.8 Å². The Hall–Kier alpha value is -4.46. The van der Waals surface area contributed by atoms with Crippen LogP contribution in [0.15, 0.2) is 54.3 Å². The monoisotopic (exact) mass is 474 g/mol. The molecule has 0 saturated heterocycles. The molecule has 1 unspecified atom stereocenters. The van der Waals surface area contributed by atoms with Crippen molar-refractivity contribution in [3.05, 3.63) is 76.5 Å². The molecule has 2 aliphatic rings. The highest BCUT2D eigenvalue weighted by molar-refractivity contribution is 6.15. The van der Waals surface area contributed by atoms with Crippen molar-refractivity contribution < 1.29 is 38.4 Å². The third kappa shape index (κ3) is 3.73. The Balaban J connectivity index is 1.61. The first-order valence-electron chi connectivity index (χ1n) is 10.8. The molecule has 3 aromatic carbocycles. The van der Waals surface area contributed by atoms with Crippen LogP contribution in [0, 0.1) is 0 Å². The smallest absolute Gasteiger partial charge is 0.312 e. The number of allylic oxidation sites excluding steroid dienone is 1. The van der Waals surface area contributed by atoms with Gasteiger partial charge >= 0.3 is 5.97 Å². The fraction of sp³-hybridized carbons (Fsp3) is 0.185. The number of phenolic OH excluding ortho intramolecular Hbond substituents is 1. The van der Waals surface area contributed by atoms with Crippen molar-refractivity contribution >= 4 is 17.8 Å². The van der Waals surface area contributed by atoms with Crippen molar-refractivity contribution in [1.29, 1.82) is 0 Å². The molecule has 8 heteroatoms. The van der Waals surface area contributed by atoms with Gasteiger partial charge in [0, 0.05) is 17.0 Å². The predicted molar refractivity (Wildman–Crippen MR) is 126 cm³/mol. The van der Waals surface area contributed by atoms with Crippen LogP contribution in [0.25, 0.3) is 6.08 Å². The summed E-state index contributed by atoms with van der Waals surface area (Å²) < 4.78 is 27.8. The zero-order chi connectivity index (χ0) is 24.7. The van der Waals surface area contributed by atoms with Crippen LogP contribution in [0.4, 0.5) is 0 Å². The van der Waals surface area contributed by atoms with Crippen LogP contribution in [0.3, 0.4) is 0 Å². The minimum atomic E-state index is -0.448. The number of hydrogen-bond acceptors (Lipinski definition) is 8. The molecule has 35 heavy (non-hydrogen) atoms. The average molecular weight is 474 g/mol. The molecule has 2 heterocycles. The number of esters is 1. The number of carbonyl (C=O) groups excluding carboxylic acids is 2. The van der Waals surface area contributed by atoms with E-state index in [-0.39, 0.29) is 23.7 Å². The molecule has 0 amide bonds. The van der Waals surface area contributed by atoms with Crippen molar-refractivity contribution in [2.75, 3.05) is 21.3 Å². The maximum absolute atomic E-state index is 13.3. The number of fused-ring (bicyclic) bond motifs is 3. The van der Waals surface area contributed by atoms with Gasteiger partial charge in [0.15, 0.2) is 17.3 Å². The lowest BCUT2D eigenvalue weighted by Crippen LogP contribution is -2.21. The summed E-state index contributed by atoms with van der Waals surface area (Å²) in [6.45, 7) is 0. The summed E-state index contributed by atoms with van der Waals surface area (Å²) >= 11 is 0. The third-order valence-corrected chi connectivity index (χ3v) is 6.07. The zero-order valence-electron chi connectivity index (χ0n) is 19.3. The Kier molecular flexibility index (Phi) is 5.56. The maximum Gasteiger partial charge on any atom is 0.312 e. The van der Waals surface area contributed by atoms with Gasteiger partial charge in [0.1, 0.15) is 17.2 Å². The molecule has 0 radical (unpaired) electrons. The highest BCUT2D eigenvalue weighted by atomic mass is 16.5. The molecule has 8 nitrogen and oxygen atoms in total. The standard InChI is InChI=1S/C27H22O8/c1-31-20-9-7-15(25(32-2)27(20)33-3)12-21-24(30)17-8-10-19-23(26(17)35-21)18(13-22(29)34-19)14-5-4-6-16(28)11-14/h4-12,18,28H,13H2,1-3H3/b21-12-. The van der Waals surface area contributed by atoms with E-state index in [0.29, 0.717) is 51.0 Å². The summed E-state index contributed by atoms with van der Waals surface area (Å²) in [5, 5.41) is 9.99. The Morgan fingerprint density at radius 3 is 2.46 bits per heavy atom. The number of phenols is 1. The molecular weight excluding hydrogens is 452 g/mol. The molecule has 1 N–H and O–H groups in total. The van der Waals surface area contributed by atoms with E-state index < -0.39 is 11.9 Å². The van der Waals surface area contributed by atoms with Crippen LogP contribution in [-0.2, 0) is 4.79 Å². The van der Waals surface area contributed by atoms with E-state index in [4.69, 9.17) is 23.7 Å². The molecule has 0 fully saturated rings. The Morgan fingerprint density at radius 1 is 0.943 bits per heavy atom. The number of ketones is 1. The molecule has 2 aliphatic heterocycles. The van der Waals surface area contributed by atoms with E-state index in [1.807, 2.05) is 6.07 Å². The molecule has 0 spiro atoms. The van der Waals surface area contributed by atoms with Crippen molar-refractivity contribution in [1.82, 2.24) is 0 Å². The number of benzene rings is 3. The lowest BCUT2D eigenvalue weighted by molar-refractivity contribution is -0.135. The number of aromatic hydroxyl groups is 1. The van der Waals surface area contributed by atoms with Gasteiger partial charge in [-0.15, -0.1) is 0 Å². The van der Waals surface area contributed by atoms with Gasteiger partial charge in [-0.3, -0.25) is 9.59 Å². The lowest BCUT2D eigenvalue weighted by Gasteiger charge is -2.26. The van der Waals surface area contributed by atoms with E-state index in [0.717, 1.165) is 0 Å². The summed E-state index contributed by atoms with van der Waals surface area (Å²) in [4.78, 5) is 25.6. The van der Waals surface area contributed by atoms with Crippen LogP contribution < -0.4 is 23.7 Å². The summed E-state index contributed by atoms with van der Waals surface area (Å²) in [5.74, 6) is 0.923. The van der Waals surface area contributed by atoms with Gasteiger partial charge in [0.2, 0.25) is 11.5 Å². The molecular formula is C27H22O8. The van der Waals surface area contributed by atoms with Gasteiger partial charge in [-0.1, -0.05) is 12.1 Å². The highest BCUT2D eigenvalue weighted by Gasteiger charge is 2.38. The van der Waals surface area contributed by atoms with Crippen LogP contribution in [-0.4, -0.2) is 38.2 Å². The largest absolute Gasteiger partial charge is 0.508 e.